The van der Waals surface area contributed by atoms with Crippen LogP contribution in [0.1, 0.15) is 37.4 Å². The Labute approximate surface area is 132 Å². The summed E-state index contributed by atoms with van der Waals surface area (Å²) in [5.74, 6) is -0.777. The highest BCUT2D eigenvalue weighted by atomic mass is 35.5. The maximum Gasteiger partial charge on any atom is 0.279 e. The fraction of sp³-hybridized carbons (Fsp3) is 0.200. The van der Waals surface area contributed by atoms with E-state index >= 15 is 0 Å². The van der Waals surface area contributed by atoms with Gasteiger partial charge in [-0.05, 0) is 37.1 Å². The number of hydrazine groups is 1. The van der Waals surface area contributed by atoms with E-state index in [1.54, 1.807) is 24.3 Å². The lowest BCUT2D eigenvalue weighted by Crippen LogP contribution is -2.41. The third-order valence-corrected chi connectivity index (χ3v) is 4.45. The third kappa shape index (κ3) is 3.62. The molecule has 0 spiro atoms. The molecule has 2 amide bonds. The van der Waals surface area contributed by atoms with E-state index < -0.39 is 5.91 Å². The second kappa shape index (κ2) is 6.74. The van der Waals surface area contributed by atoms with Gasteiger partial charge in [-0.25, -0.2) is 0 Å². The van der Waals surface area contributed by atoms with Gasteiger partial charge in [0.15, 0.2) is 0 Å². The number of halogens is 1. The summed E-state index contributed by atoms with van der Waals surface area (Å²) in [5, 5.41) is 0.337. The predicted molar refractivity (Wildman–Crippen MR) is 84.8 cm³/mol. The molecule has 0 saturated carbocycles. The Bertz CT molecular complexity index is 682. The fourth-order valence-electron chi connectivity index (χ4n) is 1.87. The van der Waals surface area contributed by atoms with E-state index in [4.69, 9.17) is 11.6 Å². The van der Waals surface area contributed by atoms with Crippen molar-refractivity contribution in [1.29, 1.82) is 0 Å². The van der Waals surface area contributed by atoms with Crippen LogP contribution in [-0.4, -0.2) is 11.8 Å². The summed E-state index contributed by atoms with van der Waals surface area (Å²) in [7, 11) is 0. The number of benzene rings is 1. The predicted octanol–water partition coefficient (Wildman–Crippen LogP) is 3.35. The topological polar surface area (TPSA) is 58.2 Å². The molecule has 0 unspecified atom stereocenters. The van der Waals surface area contributed by atoms with Crippen LogP contribution in [0.25, 0.3) is 0 Å². The fourth-order valence-corrected chi connectivity index (χ4v) is 3.10. The van der Waals surface area contributed by atoms with Gasteiger partial charge in [0.25, 0.3) is 11.8 Å². The molecule has 0 radical (unpaired) electrons. The molecule has 1 heterocycles. The van der Waals surface area contributed by atoms with Crippen molar-refractivity contribution in [2.24, 2.45) is 0 Å². The number of aryl methyl sites for hydroxylation is 2. The third-order valence-electron chi connectivity index (χ3n) is 3.03. The number of amides is 2. The molecule has 0 aliphatic carbocycles. The van der Waals surface area contributed by atoms with Crippen molar-refractivity contribution in [2.75, 3.05) is 0 Å². The van der Waals surface area contributed by atoms with Crippen molar-refractivity contribution in [1.82, 2.24) is 10.9 Å². The first-order chi connectivity index (χ1) is 10.0. The van der Waals surface area contributed by atoms with Crippen LogP contribution in [0.5, 0.6) is 0 Å². The van der Waals surface area contributed by atoms with E-state index in [-0.39, 0.29) is 5.91 Å². The molecule has 0 saturated heterocycles. The van der Waals surface area contributed by atoms with Crippen molar-refractivity contribution in [2.45, 2.75) is 20.3 Å². The van der Waals surface area contributed by atoms with Gasteiger partial charge in [-0.2, -0.15) is 0 Å². The molecule has 4 nitrogen and oxygen atoms in total. The highest BCUT2D eigenvalue weighted by Gasteiger charge is 2.14. The van der Waals surface area contributed by atoms with Gasteiger partial charge in [-0.3, -0.25) is 20.4 Å². The van der Waals surface area contributed by atoms with E-state index in [0.717, 1.165) is 16.9 Å². The molecule has 0 aliphatic heterocycles. The quantitative estimate of drug-likeness (QED) is 0.851. The Morgan fingerprint density at radius 3 is 2.48 bits per heavy atom. The summed E-state index contributed by atoms with van der Waals surface area (Å²) in [6.07, 6.45) is 0.877. The van der Waals surface area contributed by atoms with Crippen LogP contribution in [0.3, 0.4) is 0 Å². The molecule has 21 heavy (non-hydrogen) atoms. The molecular formula is C15H15ClN2O2S. The van der Waals surface area contributed by atoms with Gasteiger partial charge in [-0.1, -0.05) is 30.7 Å². The number of hydrogen-bond donors (Lipinski definition) is 2. The first kappa shape index (κ1) is 15.5. The van der Waals surface area contributed by atoms with Crippen LogP contribution < -0.4 is 10.9 Å². The average molecular weight is 323 g/mol. The van der Waals surface area contributed by atoms with Crippen LogP contribution in [0, 0.1) is 6.92 Å². The normalized spacial score (nSPS) is 10.2. The van der Waals surface area contributed by atoms with Crippen molar-refractivity contribution in [3.63, 3.8) is 0 Å². The first-order valence-electron chi connectivity index (χ1n) is 6.47. The number of hydrogen-bond acceptors (Lipinski definition) is 3. The van der Waals surface area contributed by atoms with Crippen molar-refractivity contribution < 1.29 is 9.59 Å². The molecule has 1 aromatic heterocycles. The highest BCUT2D eigenvalue weighted by molar-refractivity contribution is 7.14. The zero-order chi connectivity index (χ0) is 15.4. The van der Waals surface area contributed by atoms with Crippen LogP contribution in [0.15, 0.2) is 30.3 Å². The van der Waals surface area contributed by atoms with Crippen LogP contribution in [0.2, 0.25) is 5.02 Å². The van der Waals surface area contributed by atoms with Crippen molar-refractivity contribution in [3.8, 4) is 0 Å². The van der Waals surface area contributed by atoms with Gasteiger partial charge in [0.05, 0.1) is 15.5 Å². The van der Waals surface area contributed by atoms with Gasteiger partial charge in [0, 0.05) is 4.88 Å². The van der Waals surface area contributed by atoms with E-state index in [9.17, 15) is 9.59 Å². The summed E-state index contributed by atoms with van der Waals surface area (Å²) in [6, 6.07) is 8.50. The summed E-state index contributed by atoms with van der Waals surface area (Å²) in [4.78, 5) is 25.6. The number of nitrogens with one attached hydrogen (secondary N) is 2. The molecular weight excluding hydrogens is 308 g/mol. The van der Waals surface area contributed by atoms with Crippen molar-refractivity contribution >= 4 is 34.8 Å². The summed E-state index contributed by atoms with van der Waals surface area (Å²) < 4.78 is 0. The van der Waals surface area contributed by atoms with Gasteiger partial charge in [-0.15, -0.1) is 11.3 Å². The number of carbonyl (C=O) groups is 2. The van der Waals surface area contributed by atoms with E-state index in [1.807, 2.05) is 19.9 Å². The van der Waals surface area contributed by atoms with Crippen molar-refractivity contribution in [3.05, 3.63) is 56.2 Å². The second-order valence-corrected chi connectivity index (χ2v) is 6.10. The van der Waals surface area contributed by atoms with Crippen LogP contribution in [0.4, 0.5) is 0 Å². The average Bonchev–Trinajstić information content (AvgIpc) is 2.86. The van der Waals surface area contributed by atoms with E-state index in [2.05, 4.69) is 10.9 Å². The Morgan fingerprint density at radius 2 is 1.86 bits per heavy atom. The van der Waals surface area contributed by atoms with Crippen LogP contribution >= 0.6 is 22.9 Å². The molecule has 110 valence electrons. The molecule has 0 bridgehead atoms. The SMILES string of the molecule is CCc1cc(C(=O)NNC(=O)c2ccccc2Cl)sc1C. The molecule has 6 heteroatoms. The van der Waals surface area contributed by atoms with Gasteiger partial charge >= 0.3 is 0 Å². The molecule has 0 fully saturated rings. The maximum absolute atomic E-state index is 12.0. The Balaban J connectivity index is 2.01. The Hall–Kier alpha value is -1.85. The molecule has 2 rings (SSSR count). The summed E-state index contributed by atoms with van der Waals surface area (Å²) >= 11 is 7.33. The van der Waals surface area contributed by atoms with Gasteiger partial charge in [0.2, 0.25) is 0 Å². The minimum Gasteiger partial charge on any atom is -0.267 e. The zero-order valence-electron chi connectivity index (χ0n) is 11.7. The van der Waals surface area contributed by atoms with Gasteiger partial charge in [0.1, 0.15) is 0 Å². The van der Waals surface area contributed by atoms with Crippen LogP contribution in [-0.2, 0) is 6.42 Å². The largest absolute Gasteiger partial charge is 0.279 e. The maximum atomic E-state index is 12.0. The molecule has 2 aromatic rings. The monoisotopic (exact) mass is 322 g/mol. The lowest BCUT2D eigenvalue weighted by Gasteiger charge is -2.07. The lowest BCUT2D eigenvalue weighted by molar-refractivity contribution is 0.0849. The zero-order valence-corrected chi connectivity index (χ0v) is 13.3. The molecule has 2 N–H and O–H groups in total. The van der Waals surface area contributed by atoms with E-state index in [0.29, 0.717) is 15.5 Å². The second-order valence-electron chi connectivity index (χ2n) is 4.43. The Morgan fingerprint density at radius 1 is 1.19 bits per heavy atom. The number of thiophene rings is 1. The molecule has 1 aromatic carbocycles. The minimum absolute atomic E-state index is 0.316. The summed E-state index contributed by atoms with van der Waals surface area (Å²) in [6.45, 7) is 4.01. The standard InChI is InChI=1S/C15H15ClN2O2S/c1-3-10-8-13(21-9(10)2)15(20)18-17-14(19)11-6-4-5-7-12(11)16/h4-8H,3H2,1-2H3,(H,17,19)(H,18,20). The highest BCUT2D eigenvalue weighted by Crippen LogP contribution is 2.21. The molecule has 0 atom stereocenters. The minimum atomic E-state index is -0.446. The van der Waals surface area contributed by atoms with Gasteiger partial charge < -0.3 is 0 Å². The first-order valence-corrected chi connectivity index (χ1v) is 7.67. The Kier molecular flexibility index (Phi) is 4.98. The smallest absolute Gasteiger partial charge is 0.267 e. The number of carbonyl (C=O) groups excluding carboxylic acids is 2. The number of rotatable bonds is 3. The molecule has 0 aliphatic rings. The summed E-state index contributed by atoms with van der Waals surface area (Å²) in [5.41, 5.74) is 6.23. The lowest BCUT2D eigenvalue weighted by atomic mass is 10.2. The van der Waals surface area contributed by atoms with E-state index in [1.165, 1.54) is 11.3 Å².